The van der Waals surface area contributed by atoms with Gasteiger partial charge in [-0.2, -0.15) is 0 Å². The van der Waals surface area contributed by atoms with Gasteiger partial charge in [-0.15, -0.1) is 0 Å². The van der Waals surface area contributed by atoms with Crippen molar-refractivity contribution in [2.75, 3.05) is 11.9 Å². The normalized spacial score (nSPS) is 10.8. The second-order valence-corrected chi connectivity index (χ2v) is 5.49. The molecule has 0 unspecified atom stereocenters. The maximum Gasteiger partial charge on any atom is 0.197 e. The average Bonchev–Trinajstić information content (AvgIpc) is 2.53. The first-order valence-corrected chi connectivity index (χ1v) is 7.86. The molecular weight excluding hydrogens is 348 g/mol. The van der Waals surface area contributed by atoms with E-state index >= 15 is 0 Å². The minimum Gasteiger partial charge on any atom is -0.507 e. The first-order chi connectivity index (χ1) is 10.7. The van der Waals surface area contributed by atoms with Crippen molar-refractivity contribution in [1.82, 2.24) is 0 Å². The van der Waals surface area contributed by atoms with Crippen LogP contribution >= 0.6 is 15.9 Å². The van der Waals surface area contributed by atoms with E-state index < -0.39 is 0 Å². The molecule has 3 aromatic rings. The molecule has 112 valence electrons. The van der Waals surface area contributed by atoms with E-state index in [9.17, 15) is 9.90 Å². The molecule has 0 radical (unpaired) electrons. The fourth-order valence-corrected chi connectivity index (χ4v) is 2.39. The van der Waals surface area contributed by atoms with Gasteiger partial charge in [-0.1, -0.05) is 46.3 Å². The van der Waals surface area contributed by atoms with Crippen molar-refractivity contribution in [3.63, 3.8) is 0 Å². The molecule has 5 heteroatoms. The van der Waals surface area contributed by atoms with E-state index in [4.69, 9.17) is 9.15 Å². The maximum absolute atomic E-state index is 12.3. The Kier molecular flexibility index (Phi) is 4.15. The minimum atomic E-state index is -0.287. The van der Waals surface area contributed by atoms with Gasteiger partial charge < -0.3 is 14.3 Å². The lowest BCUT2D eigenvalue weighted by Gasteiger charge is -2.08. The van der Waals surface area contributed by atoms with Crippen LogP contribution in [0.25, 0.3) is 22.3 Å². The third kappa shape index (κ3) is 2.85. The summed E-state index contributed by atoms with van der Waals surface area (Å²) in [4.78, 5) is 12.3. The number of hydrogen-bond donors (Lipinski definition) is 1. The SMILES string of the molecule is O=c1cc(-c2ccccc2)oc2cc(OCCBr)cc(O)c12. The molecule has 0 spiro atoms. The molecule has 0 saturated carbocycles. The van der Waals surface area contributed by atoms with Crippen LogP contribution in [-0.4, -0.2) is 17.0 Å². The van der Waals surface area contributed by atoms with Crippen LogP contribution in [0.3, 0.4) is 0 Å². The molecule has 0 saturated heterocycles. The van der Waals surface area contributed by atoms with Gasteiger partial charge in [0.25, 0.3) is 0 Å². The van der Waals surface area contributed by atoms with Gasteiger partial charge in [0.2, 0.25) is 0 Å². The van der Waals surface area contributed by atoms with Gasteiger partial charge in [0.05, 0.1) is 6.61 Å². The van der Waals surface area contributed by atoms with Gasteiger partial charge >= 0.3 is 0 Å². The van der Waals surface area contributed by atoms with Crippen molar-refractivity contribution in [2.24, 2.45) is 0 Å². The Bertz CT molecular complexity index is 856. The topological polar surface area (TPSA) is 59.7 Å². The van der Waals surface area contributed by atoms with E-state index in [0.717, 1.165) is 5.56 Å². The largest absolute Gasteiger partial charge is 0.507 e. The number of phenols is 1. The van der Waals surface area contributed by atoms with Crippen LogP contribution < -0.4 is 10.2 Å². The molecule has 1 heterocycles. The highest BCUT2D eigenvalue weighted by atomic mass is 79.9. The average molecular weight is 361 g/mol. The van der Waals surface area contributed by atoms with Crippen molar-refractivity contribution in [3.05, 3.63) is 58.8 Å². The zero-order valence-corrected chi connectivity index (χ0v) is 13.2. The highest BCUT2D eigenvalue weighted by Crippen LogP contribution is 2.31. The Morgan fingerprint density at radius 3 is 2.64 bits per heavy atom. The summed E-state index contributed by atoms with van der Waals surface area (Å²) in [6.07, 6.45) is 0. The smallest absolute Gasteiger partial charge is 0.197 e. The molecule has 0 fully saturated rings. The van der Waals surface area contributed by atoms with Gasteiger partial charge in [-0.25, -0.2) is 0 Å². The Labute approximate surface area is 135 Å². The number of ether oxygens (including phenoxy) is 1. The summed E-state index contributed by atoms with van der Waals surface area (Å²) in [5.74, 6) is 0.767. The summed E-state index contributed by atoms with van der Waals surface area (Å²) in [6.45, 7) is 0.452. The highest BCUT2D eigenvalue weighted by molar-refractivity contribution is 9.09. The van der Waals surface area contributed by atoms with E-state index in [0.29, 0.717) is 29.0 Å². The first-order valence-electron chi connectivity index (χ1n) is 6.74. The molecule has 22 heavy (non-hydrogen) atoms. The summed E-state index contributed by atoms with van der Waals surface area (Å²) >= 11 is 3.27. The second-order valence-electron chi connectivity index (χ2n) is 4.69. The van der Waals surface area contributed by atoms with E-state index in [1.165, 1.54) is 12.1 Å². The zero-order chi connectivity index (χ0) is 15.5. The van der Waals surface area contributed by atoms with Crippen LogP contribution in [-0.2, 0) is 0 Å². The lowest BCUT2D eigenvalue weighted by atomic mass is 10.1. The Morgan fingerprint density at radius 2 is 1.91 bits per heavy atom. The van der Waals surface area contributed by atoms with Crippen LogP contribution in [0.5, 0.6) is 11.5 Å². The van der Waals surface area contributed by atoms with Crippen LogP contribution in [0.2, 0.25) is 0 Å². The van der Waals surface area contributed by atoms with Gasteiger partial charge in [-0.3, -0.25) is 4.79 Å². The lowest BCUT2D eigenvalue weighted by molar-refractivity contribution is 0.342. The van der Waals surface area contributed by atoms with E-state index in [2.05, 4.69) is 15.9 Å². The Balaban J connectivity index is 2.17. The molecule has 2 aromatic carbocycles. The van der Waals surface area contributed by atoms with Crippen LogP contribution in [0.4, 0.5) is 0 Å². The number of rotatable bonds is 4. The summed E-state index contributed by atoms with van der Waals surface area (Å²) in [7, 11) is 0. The van der Waals surface area contributed by atoms with Crippen molar-refractivity contribution in [3.8, 4) is 22.8 Å². The first kappa shape index (κ1) is 14.7. The van der Waals surface area contributed by atoms with Crippen molar-refractivity contribution in [2.45, 2.75) is 0 Å². The van der Waals surface area contributed by atoms with Gasteiger partial charge in [-0.05, 0) is 0 Å². The molecule has 0 amide bonds. The standard InChI is InChI=1S/C17H13BrO4/c18-6-7-21-12-8-13(19)17-14(20)10-15(22-16(17)9-12)11-4-2-1-3-5-11/h1-5,8-10,19H,6-7H2. The van der Waals surface area contributed by atoms with Gasteiger partial charge in [0.1, 0.15) is 28.2 Å². The molecular formula is C17H13BrO4. The van der Waals surface area contributed by atoms with E-state index in [-0.39, 0.29) is 16.6 Å². The van der Waals surface area contributed by atoms with E-state index in [1.807, 2.05) is 30.3 Å². The minimum absolute atomic E-state index is 0.143. The van der Waals surface area contributed by atoms with E-state index in [1.54, 1.807) is 6.07 Å². The molecule has 0 aliphatic carbocycles. The van der Waals surface area contributed by atoms with Gasteiger partial charge in [0.15, 0.2) is 5.43 Å². The number of hydrogen-bond acceptors (Lipinski definition) is 4. The van der Waals surface area contributed by atoms with Gasteiger partial charge in [0, 0.05) is 29.1 Å². The molecule has 0 aliphatic rings. The number of halogens is 1. The molecule has 1 N–H and O–H groups in total. The summed E-state index contributed by atoms with van der Waals surface area (Å²) in [5.41, 5.74) is 0.813. The summed E-state index contributed by atoms with van der Waals surface area (Å²) in [6, 6.07) is 13.8. The quantitative estimate of drug-likeness (QED) is 0.715. The van der Waals surface area contributed by atoms with Crippen molar-refractivity contribution in [1.29, 1.82) is 0 Å². The lowest BCUT2D eigenvalue weighted by Crippen LogP contribution is -2.02. The highest BCUT2D eigenvalue weighted by Gasteiger charge is 2.12. The van der Waals surface area contributed by atoms with Crippen LogP contribution in [0.15, 0.2) is 57.7 Å². The predicted molar refractivity (Wildman–Crippen MR) is 88.9 cm³/mol. The number of alkyl halides is 1. The van der Waals surface area contributed by atoms with Crippen LogP contribution in [0, 0.1) is 0 Å². The summed E-state index contributed by atoms with van der Waals surface area (Å²) in [5, 5.41) is 10.9. The fraction of sp³-hybridized carbons (Fsp3) is 0.118. The third-order valence-corrected chi connectivity index (χ3v) is 3.51. The Hall–Kier alpha value is -2.27. The molecule has 0 aliphatic heterocycles. The third-order valence-electron chi connectivity index (χ3n) is 3.19. The van der Waals surface area contributed by atoms with Crippen LogP contribution in [0.1, 0.15) is 0 Å². The predicted octanol–water partition coefficient (Wildman–Crippen LogP) is 3.94. The number of benzene rings is 2. The maximum atomic E-state index is 12.3. The zero-order valence-electron chi connectivity index (χ0n) is 11.6. The molecule has 0 atom stereocenters. The fourth-order valence-electron chi connectivity index (χ4n) is 2.23. The monoisotopic (exact) mass is 360 g/mol. The number of fused-ring (bicyclic) bond motifs is 1. The van der Waals surface area contributed by atoms with Crippen molar-refractivity contribution < 1.29 is 14.3 Å². The summed E-state index contributed by atoms with van der Waals surface area (Å²) < 4.78 is 11.2. The molecule has 4 nitrogen and oxygen atoms in total. The number of aromatic hydroxyl groups is 1. The second kappa shape index (κ2) is 6.23. The molecule has 3 rings (SSSR count). The van der Waals surface area contributed by atoms with Crippen molar-refractivity contribution >= 4 is 26.9 Å². The number of phenolic OH excluding ortho intramolecular Hbond substituents is 1. The Morgan fingerprint density at radius 1 is 1.14 bits per heavy atom. The molecule has 1 aromatic heterocycles. The molecule has 0 bridgehead atoms.